The zero-order valence-corrected chi connectivity index (χ0v) is 21.8. The SMILES string of the molecule is N#CC(C#N)=C(COc1ccc(Cl)cc1Cl)Nc1ccccc1NC(N)=Nc1ccc(-c2ccccc2)nn1. The first-order valence-electron chi connectivity index (χ1n) is 11.4. The first-order chi connectivity index (χ1) is 19.0. The molecular formula is C28H20Cl2N8O. The summed E-state index contributed by atoms with van der Waals surface area (Å²) in [5.41, 5.74) is 8.90. The summed E-state index contributed by atoms with van der Waals surface area (Å²) in [5.74, 6) is 0.717. The summed E-state index contributed by atoms with van der Waals surface area (Å²) in [6.45, 7) is -0.140. The van der Waals surface area contributed by atoms with Crippen LogP contribution >= 0.6 is 23.2 Å². The van der Waals surface area contributed by atoms with Gasteiger partial charge in [0.2, 0.25) is 0 Å². The number of ether oxygens (including phenoxy) is 1. The lowest BCUT2D eigenvalue weighted by Crippen LogP contribution is -2.23. The van der Waals surface area contributed by atoms with Crippen LogP contribution in [0.15, 0.2) is 101 Å². The molecule has 4 N–H and O–H groups in total. The number of anilines is 2. The number of benzene rings is 3. The van der Waals surface area contributed by atoms with Crippen molar-refractivity contribution in [3.05, 3.63) is 106 Å². The van der Waals surface area contributed by atoms with E-state index in [0.717, 1.165) is 5.56 Å². The Morgan fingerprint density at radius 2 is 1.56 bits per heavy atom. The number of guanidine groups is 1. The Balaban J connectivity index is 1.52. The summed E-state index contributed by atoms with van der Waals surface area (Å²) >= 11 is 12.1. The number of hydrogen-bond donors (Lipinski definition) is 3. The first kappa shape index (κ1) is 27.0. The average molecular weight is 555 g/mol. The molecule has 0 aliphatic carbocycles. The maximum Gasteiger partial charge on any atom is 0.199 e. The van der Waals surface area contributed by atoms with Crippen LogP contribution in [0.2, 0.25) is 10.0 Å². The highest BCUT2D eigenvalue weighted by Crippen LogP contribution is 2.29. The maximum absolute atomic E-state index is 9.50. The van der Waals surface area contributed by atoms with Crippen LogP contribution in [0.5, 0.6) is 5.75 Å². The number of aromatic nitrogens is 2. The number of halogens is 2. The summed E-state index contributed by atoms with van der Waals surface area (Å²) in [4.78, 5) is 4.28. The zero-order chi connectivity index (χ0) is 27.6. The Hall–Kier alpha value is -5.09. The highest BCUT2D eigenvalue weighted by molar-refractivity contribution is 6.35. The third kappa shape index (κ3) is 7.24. The number of para-hydroxylation sites is 2. The van der Waals surface area contributed by atoms with Crippen molar-refractivity contribution < 1.29 is 4.74 Å². The second kappa shape index (κ2) is 12.9. The number of hydrogen-bond acceptors (Lipinski definition) is 7. The summed E-state index contributed by atoms with van der Waals surface area (Å²) in [6, 6.07) is 28.7. The summed E-state index contributed by atoms with van der Waals surface area (Å²) in [7, 11) is 0. The van der Waals surface area contributed by atoms with Crippen LogP contribution in [0.4, 0.5) is 17.2 Å². The molecule has 0 amide bonds. The topological polar surface area (TPSA) is 145 Å². The Kier molecular flexibility index (Phi) is 8.94. The molecule has 4 rings (SSSR count). The van der Waals surface area contributed by atoms with E-state index in [1.807, 2.05) is 42.5 Å². The van der Waals surface area contributed by atoms with E-state index in [0.29, 0.717) is 38.7 Å². The molecule has 0 bridgehead atoms. The van der Waals surface area contributed by atoms with E-state index in [-0.39, 0.29) is 23.8 Å². The van der Waals surface area contributed by atoms with Crippen molar-refractivity contribution in [2.75, 3.05) is 17.2 Å². The molecule has 0 atom stereocenters. The molecule has 11 heteroatoms. The summed E-state index contributed by atoms with van der Waals surface area (Å²) in [6.07, 6.45) is 0. The van der Waals surface area contributed by atoms with E-state index in [9.17, 15) is 10.5 Å². The molecule has 3 aromatic carbocycles. The predicted molar refractivity (Wildman–Crippen MR) is 153 cm³/mol. The standard InChI is InChI=1S/C28H20Cl2N8O/c29-20-10-12-26(21(30)14-20)39-17-25(19(15-31)16-32)34-23-8-4-5-9-24(23)35-28(33)36-27-13-11-22(37-38-27)18-6-2-1-3-7-18/h1-14,34H,17H2,(H3,33,35,36,38). The van der Waals surface area contributed by atoms with Crippen molar-refractivity contribution in [3.8, 4) is 29.1 Å². The van der Waals surface area contributed by atoms with E-state index < -0.39 is 0 Å². The van der Waals surface area contributed by atoms with Gasteiger partial charge in [-0.05, 0) is 42.5 Å². The van der Waals surface area contributed by atoms with Gasteiger partial charge in [-0.25, -0.2) is 0 Å². The molecule has 0 unspecified atom stereocenters. The van der Waals surface area contributed by atoms with Crippen molar-refractivity contribution in [2.45, 2.75) is 0 Å². The van der Waals surface area contributed by atoms with E-state index in [2.05, 4.69) is 25.8 Å². The first-order valence-corrected chi connectivity index (χ1v) is 12.2. The number of nitrogens with zero attached hydrogens (tertiary/aromatic N) is 5. The fraction of sp³-hybridized carbons (Fsp3) is 0.0357. The van der Waals surface area contributed by atoms with Gasteiger partial charge in [-0.1, -0.05) is 65.7 Å². The molecule has 39 heavy (non-hydrogen) atoms. The van der Waals surface area contributed by atoms with E-state index in [1.165, 1.54) is 6.07 Å². The van der Waals surface area contributed by atoms with Gasteiger partial charge < -0.3 is 21.1 Å². The molecule has 9 nitrogen and oxygen atoms in total. The number of nitrogens with two attached hydrogens (primary N) is 1. The number of aliphatic imine (C=N–C) groups is 1. The molecule has 0 saturated heterocycles. The maximum atomic E-state index is 9.50. The minimum Gasteiger partial charge on any atom is -0.486 e. The van der Waals surface area contributed by atoms with Crippen LogP contribution in [0, 0.1) is 22.7 Å². The van der Waals surface area contributed by atoms with Crippen LogP contribution in [0.1, 0.15) is 0 Å². The van der Waals surface area contributed by atoms with Gasteiger partial charge in [0, 0.05) is 10.6 Å². The third-order valence-corrected chi connectivity index (χ3v) is 5.75. The lowest BCUT2D eigenvalue weighted by Gasteiger charge is -2.17. The van der Waals surface area contributed by atoms with Gasteiger partial charge in [0.25, 0.3) is 0 Å². The van der Waals surface area contributed by atoms with Gasteiger partial charge in [-0.2, -0.15) is 15.5 Å². The highest BCUT2D eigenvalue weighted by Gasteiger charge is 2.13. The van der Waals surface area contributed by atoms with Crippen molar-refractivity contribution in [1.29, 1.82) is 10.5 Å². The van der Waals surface area contributed by atoms with Gasteiger partial charge in [0.05, 0.1) is 27.8 Å². The van der Waals surface area contributed by atoms with Crippen LogP contribution < -0.4 is 21.1 Å². The van der Waals surface area contributed by atoms with E-state index in [1.54, 1.807) is 48.5 Å². The van der Waals surface area contributed by atoms with Crippen LogP contribution in [-0.2, 0) is 0 Å². The normalized spacial score (nSPS) is 10.6. The van der Waals surface area contributed by atoms with Crippen LogP contribution in [0.3, 0.4) is 0 Å². The highest BCUT2D eigenvalue weighted by atomic mass is 35.5. The minimum absolute atomic E-state index is 0.0570. The molecule has 0 aliphatic heterocycles. The van der Waals surface area contributed by atoms with Gasteiger partial charge in [0.1, 0.15) is 24.5 Å². The van der Waals surface area contributed by atoms with Crippen LogP contribution in [0.25, 0.3) is 11.3 Å². The molecule has 1 heterocycles. The van der Waals surface area contributed by atoms with E-state index in [4.69, 9.17) is 33.7 Å². The molecule has 0 radical (unpaired) electrons. The van der Waals surface area contributed by atoms with Gasteiger partial charge in [-0.3, -0.25) is 0 Å². The monoisotopic (exact) mass is 554 g/mol. The van der Waals surface area contributed by atoms with Crippen molar-refractivity contribution >= 4 is 46.4 Å². The van der Waals surface area contributed by atoms with Crippen molar-refractivity contribution in [1.82, 2.24) is 10.2 Å². The smallest absolute Gasteiger partial charge is 0.199 e. The molecular weight excluding hydrogens is 535 g/mol. The fourth-order valence-corrected chi connectivity index (χ4v) is 3.84. The summed E-state index contributed by atoms with van der Waals surface area (Å²) in [5, 5.41) is 34.2. The lowest BCUT2D eigenvalue weighted by molar-refractivity contribution is 0.353. The third-order valence-electron chi connectivity index (χ3n) is 5.22. The van der Waals surface area contributed by atoms with Crippen molar-refractivity contribution in [3.63, 3.8) is 0 Å². The molecule has 0 saturated carbocycles. The molecule has 192 valence electrons. The molecule has 1 aromatic heterocycles. The second-order valence-electron chi connectivity index (χ2n) is 7.88. The fourth-order valence-electron chi connectivity index (χ4n) is 3.37. The van der Waals surface area contributed by atoms with Gasteiger partial charge in [-0.15, -0.1) is 10.2 Å². The Bertz CT molecular complexity index is 1590. The average Bonchev–Trinajstić information content (AvgIpc) is 2.95. The summed E-state index contributed by atoms with van der Waals surface area (Å²) < 4.78 is 5.76. The van der Waals surface area contributed by atoms with E-state index >= 15 is 0 Å². The minimum atomic E-state index is -0.162. The van der Waals surface area contributed by atoms with Gasteiger partial charge in [0.15, 0.2) is 17.4 Å². The predicted octanol–water partition coefficient (Wildman–Crippen LogP) is 6.30. The Labute approximate surface area is 234 Å². The number of nitrogens with one attached hydrogen (secondary N) is 2. The largest absolute Gasteiger partial charge is 0.486 e. The quantitative estimate of drug-likeness (QED) is 0.130. The molecule has 0 fully saturated rings. The van der Waals surface area contributed by atoms with Crippen molar-refractivity contribution in [2.24, 2.45) is 10.7 Å². The number of rotatable bonds is 8. The number of nitriles is 2. The number of allylic oxidation sites excluding steroid dienone is 1. The molecule has 0 aliphatic rings. The molecule has 0 spiro atoms. The van der Waals surface area contributed by atoms with Crippen LogP contribution in [-0.4, -0.2) is 22.8 Å². The zero-order valence-electron chi connectivity index (χ0n) is 20.3. The lowest BCUT2D eigenvalue weighted by atomic mass is 10.1. The Morgan fingerprint density at radius 3 is 2.21 bits per heavy atom. The molecule has 4 aromatic rings. The second-order valence-corrected chi connectivity index (χ2v) is 8.72. The van der Waals surface area contributed by atoms with Gasteiger partial charge >= 0.3 is 0 Å². The Morgan fingerprint density at radius 1 is 0.872 bits per heavy atom.